The SMILES string of the molecule is CC(N)C(=O)NC(CO)C(=O)NC(Cc1ccccc1)C(=O)NC(C)C(=O)O. The van der Waals surface area contributed by atoms with Crippen LogP contribution in [0.2, 0.25) is 0 Å². The van der Waals surface area contributed by atoms with E-state index in [2.05, 4.69) is 16.0 Å². The highest BCUT2D eigenvalue weighted by molar-refractivity contribution is 5.94. The summed E-state index contributed by atoms with van der Waals surface area (Å²) in [6, 6.07) is 4.32. The minimum absolute atomic E-state index is 0.0874. The van der Waals surface area contributed by atoms with Gasteiger partial charge >= 0.3 is 5.97 Å². The standard InChI is InChI=1S/C18H26N4O6/c1-10(19)15(24)22-14(9-23)17(26)21-13(8-12-6-4-3-5-7-12)16(25)20-11(2)18(27)28/h3-7,10-11,13-14,23H,8-9,19H2,1-2H3,(H,20,25)(H,21,26)(H,22,24)(H,27,28). The number of nitrogens with two attached hydrogens (primary N) is 1. The fourth-order valence-corrected chi connectivity index (χ4v) is 2.20. The van der Waals surface area contributed by atoms with Crippen LogP contribution in [0.25, 0.3) is 0 Å². The molecule has 4 unspecified atom stereocenters. The van der Waals surface area contributed by atoms with E-state index >= 15 is 0 Å². The van der Waals surface area contributed by atoms with Crippen molar-refractivity contribution in [3.05, 3.63) is 35.9 Å². The van der Waals surface area contributed by atoms with Gasteiger partial charge in [0.05, 0.1) is 12.6 Å². The number of aliphatic carboxylic acids is 1. The van der Waals surface area contributed by atoms with E-state index in [1.807, 2.05) is 0 Å². The largest absolute Gasteiger partial charge is 0.480 e. The van der Waals surface area contributed by atoms with Gasteiger partial charge in [0, 0.05) is 6.42 Å². The van der Waals surface area contributed by atoms with Crippen LogP contribution < -0.4 is 21.7 Å². The molecule has 1 aromatic rings. The van der Waals surface area contributed by atoms with Crippen LogP contribution in [0.3, 0.4) is 0 Å². The summed E-state index contributed by atoms with van der Waals surface area (Å²) in [5.74, 6) is -3.37. The fraction of sp³-hybridized carbons (Fsp3) is 0.444. The molecule has 0 spiro atoms. The predicted molar refractivity (Wildman–Crippen MR) is 100.0 cm³/mol. The third-order valence-corrected chi connectivity index (χ3v) is 3.87. The Morgan fingerprint density at radius 3 is 1.96 bits per heavy atom. The van der Waals surface area contributed by atoms with Crippen molar-refractivity contribution < 1.29 is 29.4 Å². The number of amides is 3. The minimum Gasteiger partial charge on any atom is -0.480 e. The molecule has 28 heavy (non-hydrogen) atoms. The molecule has 3 amide bonds. The highest BCUT2D eigenvalue weighted by Gasteiger charge is 2.28. The van der Waals surface area contributed by atoms with Crippen molar-refractivity contribution in [3.8, 4) is 0 Å². The van der Waals surface area contributed by atoms with E-state index in [4.69, 9.17) is 10.8 Å². The van der Waals surface area contributed by atoms with Gasteiger partial charge in [-0.25, -0.2) is 0 Å². The molecule has 0 fully saturated rings. The number of carbonyl (C=O) groups is 4. The predicted octanol–water partition coefficient (Wildman–Crippen LogP) is -1.87. The molecule has 0 aromatic heterocycles. The van der Waals surface area contributed by atoms with Gasteiger partial charge in [0.25, 0.3) is 0 Å². The summed E-state index contributed by atoms with van der Waals surface area (Å²) in [5.41, 5.74) is 6.16. The lowest BCUT2D eigenvalue weighted by molar-refractivity contribution is -0.141. The number of aliphatic hydroxyl groups excluding tert-OH is 1. The average Bonchev–Trinajstić information content (AvgIpc) is 2.65. The van der Waals surface area contributed by atoms with E-state index in [0.29, 0.717) is 0 Å². The number of nitrogens with one attached hydrogen (secondary N) is 3. The lowest BCUT2D eigenvalue weighted by Crippen LogP contribution is -2.58. The molecule has 1 aromatic carbocycles. The molecule has 0 radical (unpaired) electrons. The van der Waals surface area contributed by atoms with E-state index in [1.165, 1.54) is 13.8 Å². The third kappa shape index (κ3) is 7.33. The minimum atomic E-state index is -1.30. The molecule has 0 heterocycles. The van der Waals surface area contributed by atoms with Gasteiger partial charge in [0.2, 0.25) is 17.7 Å². The van der Waals surface area contributed by atoms with Crippen molar-refractivity contribution in [2.24, 2.45) is 5.73 Å². The summed E-state index contributed by atoms with van der Waals surface area (Å²) < 4.78 is 0. The number of hydrogen-bond acceptors (Lipinski definition) is 6. The molecule has 4 atom stereocenters. The number of rotatable bonds is 10. The molecule has 10 nitrogen and oxygen atoms in total. The van der Waals surface area contributed by atoms with E-state index in [0.717, 1.165) is 5.56 Å². The van der Waals surface area contributed by atoms with Gasteiger partial charge in [-0.2, -0.15) is 0 Å². The first-order valence-corrected chi connectivity index (χ1v) is 8.70. The van der Waals surface area contributed by atoms with Crippen molar-refractivity contribution in [2.75, 3.05) is 6.61 Å². The number of hydrogen-bond donors (Lipinski definition) is 6. The monoisotopic (exact) mass is 394 g/mol. The van der Waals surface area contributed by atoms with Crippen molar-refractivity contribution in [1.82, 2.24) is 16.0 Å². The molecule has 154 valence electrons. The van der Waals surface area contributed by atoms with E-state index in [1.54, 1.807) is 30.3 Å². The van der Waals surface area contributed by atoms with Crippen LogP contribution in [0.1, 0.15) is 19.4 Å². The van der Waals surface area contributed by atoms with E-state index in [9.17, 15) is 24.3 Å². The van der Waals surface area contributed by atoms with Crippen LogP contribution in [0.5, 0.6) is 0 Å². The molecule has 0 aliphatic carbocycles. The first kappa shape index (κ1) is 23.1. The molecule has 1 rings (SSSR count). The average molecular weight is 394 g/mol. The van der Waals surface area contributed by atoms with Crippen molar-refractivity contribution in [2.45, 2.75) is 44.4 Å². The zero-order valence-electron chi connectivity index (χ0n) is 15.7. The Balaban J connectivity index is 2.93. The molecular formula is C18H26N4O6. The summed E-state index contributed by atoms with van der Waals surface area (Å²) in [6.45, 7) is 2.01. The second-order valence-electron chi connectivity index (χ2n) is 6.35. The molecule has 7 N–H and O–H groups in total. The quantitative estimate of drug-likeness (QED) is 0.270. The Kier molecular flexibility index (Phi) is 9.06. The number of carbonyl (C=O) groups excluding carboxylic acids is 3. The second-order valence-corrected chi connectivity index (χ2v) is 6.35. The van der Waals surface area contributed by atoms with Gasteiger partial charge in [-0.15, -0.1) is 0 Å². The van der Waals surface area contributed by atoms with Crippen LogP contribution in [-0.4, -0.2) is 64.7 Å². The van der Waals surface area contributed by atoms with Crippen molar-refractivity contribution >= 4 is 23.7 Å². The van der Waals surface area contributed by atoms with Gasteiger partial charge in [-0.3, -0.25) is 19.2 Å². The molecule has 0 aliphatic rings. The van der Waals surface area contributed by atoms with Crippen molar-refractivity contribution in [1.29, 1.82) is 0 Å². The Bertz CT molecular complexity index is 695. The van der Waals surface area contributed by atoms with Gasteiger partial charge in [-0.05, 0) is 19.4 Å². The number of aliphatic hydroxyl groups is 1. The van der Waals surface area contributed by atoms with Gasteiger partial charge in [0.15, 0.2) is 0 Å². The molecule has 0 saturated carbocycles. The van der Waals surface area contributed by atoms with E-state index < -0.39 is 54.5 Å². The highest BCUT2D eigenvalue weighted by atomic mass is 16.4. The van der Waals surface area contributed by atoms with Crippen LogP contribution in [-0.2, 0) is 25.6 Å². The molecular weight excluding hydrogens is 368 g/mol. The maximum Gasteiger partial charge on any atom is 0.325 e. The third-order valence-electron chi connectivity index (χ3n) is 3.87. The highest BCUT2D eigenvalue weighted by Crippen LogP contribution is 2.05. The van der Waals surface area contributed by atoms with Gasteiger partial charge < -0.3 is 31.9 Å². The van der Waals surface area contributed by atoms with Crippen LogP contribution in [0.4, 0.5) is 0 Å². The van der Waals surface area contributed by atoms with Gasteiger partial charge in [0.1, 0.15) is 18.1 Å². The van der Waals surface area contributed by atoms with E-state index in [-0.39, 0.29) is 6.42 Å². The Labute approximate surface area is 162 Å². The Hall–Kier alpha value is -2.98. The topological polar surface area (TPSA) is 171 Å². The maximum atomic E-state index is 12.5. The summed E-state index contributed by atoms with van der Waals surface area (Å²) in [4.78, 5) is 47.6. The molecule has 0 saturated heterocycles. The number of carboxylic acid groups (broad SMARTS) is 1. The Morgan fingerprint density at radius 1 is 0.929 bits per heavy atom. The summed E-state index contributed by atoms with van der Waals surface area (Å²) in [5, 5.41) is 25.4. The zero-order chi connectivity index (χ0) is 21.3. The lowest BCUT2D eigenvalue weighted by atomic mass is 10.0. The lowest BCUT2D eigenvalue weighted by Gasteiger charge is -2.23. The van der Waals surface area contributed by atoms with Crippen molar-refractivity contribution in [3.63, 3.8) is 0 Å². The number of carboxylic acids is 1. The number of benzene rings is 1. The molecule has 0 aliphatic heterocycles. The smallest absolute Gasteiger partial charge is 0.325 e. The second kappa shape index (κ2) is 11.0. The van der Waals surface area contributed by atoms with Crippen LogP contribution >= 0.6 is 0 Å². The summed E-state index contributed by atoms with van der Waals surface area (Å²) in [6.07, 6.45) is 0.0874. The normalized spacial score (nSPS) is 14.9. The maximum absolute atomic E-state index is 12.5. The van der Waals surface area contributed by atoms with Crippen LogP contribution in [0.15, 0.2) is 30.3 Å². The first-order chi connectivity index (χ1) is 13.1. The molecule has 10 heteroatoms. The summed E-state index contributed by atoms with van der Waals surface area (Å²) in [7, 11) is 0. The van der Waals surface area contributed by atoms with Crippen LogP contribution in [0, 0.1) is 0 Å². The zero-order valence-corrected chi connectivity index (χ0v) is 15.7. The Morgan fingerprint density at radius 2 is 1.46 bits per heavy atom. The van der Waals surface area contributed by atoms with Gasteiger partial charge in [-0.1, -0.05) is 30.3 Å². The first-order valence-electron chi connectivity index (χ1n) is 8.70. The summed E-state index contributed by atoms with van der Waals surface area (Å²) >= 11 is 0. The molecule has 0 bridgehead atoms. The fourth-order valence-electron chi connectivity index (χ4n) is 2.20.